The van der Waals surface area contributed by atoms with E-state index in [9.17, 15) is 18.0 Å². The van der Waals surface area contributed by atoms with E-state index in [0.717, 1.165) is 17.4 Å². The van der Waals surface area contributed by atoms with Crippen molar-refractivity contribution in [3.05, 3.63) is 59.7 Å². The molecular weight excluding hydrogens is 351 g/mol. The van der Waals surface area contributed by atoms with E-state index < -0.39 is 17.6 Å². The van der Waals surface area contributed by atoms with Crippen molar-refractivity contribution in [3.8, 4) is 5.75 Å². The van der Waals surface area contributed by atoms with Gasteiger partial charge in [-0.1, -0.05) is 30.3 Å². The standard InChI is InChI=1S/C18H18F3NO2S/c1-2-24-16-10-6-3-7-13(16)11-25-12-17(23)22-15-9-5-4-8-14(15)18(19,20)21/h3-10H,2,11-12H2,1H3,(H,22,23). The summed E-state index contributed by atoms with van der Waals surface area (Å²) in [6.07, 6.45) is -4.51. The maximum atomic E-state index is 12.9. The van der Waals surface area contributed by atoms with Crippen LogP contribution in [-0.2, 0) is 16.7 Å². The molecule has 2 aromatic rings. The van der Waals surface area contributed by atoms with Crippen molar-refractivity contribution in [3.63, 3.8) is 0 Å². The Kier molecular flexibility index (Phi) is 6.75. The van der Waals surface area contributed by atoms with E-state index in [4.69, 9.17) is 4.74 Å². The second-order valence-corrected chi connectivity index (χ2v) is 6.11. The van der Waals surface area contributed by atoms with Gasteiger partial charge in [0.25, 0.3) is 0 Å². The molecule has 2 aromatic carbocycles. The fourth-order valence-corrected chi connectivity index (χ4v) is 3.02. The number of hydrogen-bond acceptors (Lipinski definition) is 3. The normalized spacial score (nSPS) is 11.2. The lowest BCUT2D eigenvalue weighted by Crippen LogP contribution is -2.18. The average molecular weight is 369 g/mol. The van der Waals surface area contributed by atoms with Crippen LogP contribution in [0.5, 0.6) is 5.75 Å². The van der Waals surface area contributed by atoms with Crippen LogP contribution in [0.15, 0.2) is 48.5 Å². The quantitative estimate of drug-likeness (QED) is 0.748. The van der Waals surface area contributed by atoms with Gasteiger partial charge in [-0.25, -0.2) is 0 Å². The molecule has 7 heteroatoms. The van der Waals surface area contributed by atoms with Gasteiger partial charge in [0.15, 0.2) is 0 Å². The number of halogens is 3. The third-order valence-electron chi connectivity index (χ3n) is 3.27. The molecule has 0 aromatic heterocycles. The molecular formula is C18H18F3NO2S. The monoisotopic (exact) mass is 369 g/mol. The van der Waals surface area contributed by atoms with E-state index in [-0.39, 0.29) is 11.4 Å². The second kappa shape index (κ2) is 8.80. The Balaban J connectivity index is 1.92. The predicted molar refractivity (Wildman–Crippen MR) is 93.8 cm³/mol. The molecule has 0 aliphatic heterocycles. The van der Waals surface area contributed by atoms with Crippen LogP contribution in [0.4, 0.5) is 18.9 Å². The van der Waals surface area contributed by atoms with Crippen molar-refractivity contribution in [2.24, 2.45) is 0 Å². The van der Waals surface area contributed by atoms with Gasteiger partial charge in [0.2, 0.25) is 5.91 Å². The maximum Gasteiger partial charge on any atom is 0.418 e. The molecule has 0 saturated heterocycles. The van der Waals surface area contributed by atoms with Crippen molar-refractivity contribution >= 4 is 23.4 Å². The van der Waals surface area contributed by atoms with Gasteiger partial charge in [-0.3, -0.25) is 4.79 Å². The summed E-state index contributed by atoms with van der Waals surface area (Å²) in [4.78, 5) is 12.0. The summed E-state index contributed by atoms with van der Waals surface area (Å²) < 4.78 is 44.3. The van der Waals surface area contributed by atoms with Crippen molar-refractivity contribution < 1.29 is 22.7 Å². The first kappa shape index (κ1) is 19.2. The number of carbonyl (C=O) groups excluding carboxylic acids is 1. The minimum absolute atomic E-state index is 0.0483. The molecule has 0 saturated carbocycles. The molecule has 1 N–H and O–H groups in total. The Morgan fingerprint density at radius 2 is 1.80 bits per heavy atom. The summed E-state index contributed by atoms with van der Waals surface area (Å²) in [5.41, 5.74) is -0.136. The summed E-state index contributed by atoms with van der Waals surface area (Å²) in [6, 6.07) is 12.4. The number of hydrogen-bond donors (Lipinski definition) is 1. The molecule has 0 unspecified atom stereocenters. The fourth-order valence-electron chi connectivity index (χ4n) is 2.20. The van der Waals surface area contributed by atoms with Crippen molar-refractivity contribution in [1.82, 2.24) is 0 Å². The Bertz CT molecular complexity index is 719. The Hall–Kier alpha value is -2.15. The van der Waals surface area contributed by atoms with E-state index in [0.29, 0.717) is 12.4 Å². The molecule has 134 valence electrons. The van der Waals surface area contributed by atoms with Crippen LogP contribution in [0.25, 0.3) is 0 Å². The average Bonchev–Trinajstić information content (AvgIpc) is 2.56. The summed E-state index contributed by atoms with van der Waals surface area (Å²) in [5, 5.41) is 2.33. The molecule has 0 fully saturated rings. The lowest BCUT2D eigenvalue weighted by Gasteiger charge is -2.13. The Labute approximate surface area is 148 Å². The molecule has 0 aliphatic rings. The molecule has 0 atom stereocenters. The van der Waals surface area contributed by atoms with E-state index in [1.54, 1.807) is 0 Å². The number of rotatable bonds is 7. The Morgan fingerprint density at radius 3 is 2.52 bits per heavy atom. The van der Waals surface area contributed by atoms with Crippen LogP contribution in [-0.4, -0.2) is 18.3 Å². The highest BCUT2D eigenvalue weighted by Crippen LogP contribution is 2.34. The van der Waals surface area contributed by atoms with Crippen LogP contribution < -0.4 is 10.1 Å². The number of alkyl halides is 3. The maximum absolute atomic E-state index is 12.9. The zero-order valence-corrected chi connectivity index (χ0v) is 14.4. The number of anilines is 1. The van der Waals surface area contributed by atoms with E-state index in [1.807, 2.05) is 31.2 Å². The summed E-state index contributed by atoms with van der Waals surface area (Å²) >= 11 is 1.31. The van der Waals surface area contributed by atoms with E-state index in [1.165, 1.54) is 30.0 Å². The molecule has 1 amide bonds. The zero-order chi connectivity index (χ0) is 18.3. The first-order valence-corrected chi connectivity index (χ1v) is 8.81. The van der Waals surface area contributed by atoms with Gasteiger partial charge in [0, 0.05) is 11.3 Å². The number of para-hydroxylation sites is 2. The van der Waals surface area contributed by atoms with E-state index >= 15 is 0 Å². The van der Waals surface area contributed by atoms with Gasteiger partial charge in [-0.2, -0.15) is 13.2 Å². The smallest absolute Gasteiger partial charge is 0.418 e. The third-order valence-corrected chi connectivity index (χ3v) is 4.25. The lowest BCUT2D eigenvalue weighted by molar-refractivity contribution is -0.137. The number of carbonyl (C=O) groups is 1. The second-order valence-electron chi connectivity index (χ2n) is 5.13. The summed E-state index contributed by atoms with van der Waals surface area (Å²) in [7, 11) is 0. The summed E-state index contributed by atoms with van der Waals surface area (Å²) in [6.45, 7) is 2.42. The molecule has 0 heterocycles. The van der Waals surface area contributed by atoms with Gasteiger partial charge < -0.3 is 10.1 Å². The first-order chi connectivity index (χ1) is 11.9. The minimum atomic E-state index is -4.51. The molecule has 3 nitrogen and oxygen atoms in total. The lowest BCUT2D eigenvalue weighted by atomic mass is 10.1. The molecule has 0 radical (unpaired) electrons. The first-order valence-electron chi connectivity index (χ1n) is 7.66. The minimum Gasteiger partial charge on any atom is -0.494 e. The van der Waals surface area contributed by atoms with Crippen LogP contribution >= 0.6 is 11.8 Å². The van der Waals surface area contributed by atoms with Crippen LogP contribution in [0.2, 0.25) is 0 Å². The van der Waals surface area contributed by atoms with E-state index in [2.05, 4.69) is 5.32 Å². The van der Waals surface area contributed by atoms with Gasteiger partial charge in [-0.15, -0.1) is 11.8 Å². The van der Waals surface area contributed by atoms with Crippen molar-refractivity contribution in [2.75, 3.05) is 17.7 Å². The fraction of sp³-hybridized carbons (Fsp3) is 0.278. The number of benzene rings is 2. The SMILES string of the molecule is CCOc1ccccc1CSCC(=O)Nc1ccccc1C(F)(F)F. The molecule has 2 rings (SSSR count). The van der Waals surface area contributed by atoms with Crippen molar-refractivity contribution in [1.29, 1.82) is 0 Å². The summed E-state index contributed by atoms with van der Waals surface area (Å²) in [5.74, 6) is 0.855. The van der Waals surface area contributed by atoms with Gasteiger partial charge >= 0.3 is 6.18 Å². The van der Waals surface area contributed by atoms with Crippen LogP contribution in [0.1, 0.15) is 18.1 Å². The van der Waals surface area contributed by atoms with Gasteiger partial charge in [-0.05, 0) is 25.1 Å². The van der Waals surface area contributed by atoms with Crippen molar-refractivity contribution in [2.45, 2.75) is 18.9 Å². The Morgan fingerprint density at radius 1 is 1.12 bits per heavy atom. The number of ether oxygens (including phenoxy) is 1. The number of nitrogens with one attached hydrogen (secondary N) is 1. The predicted octanol–water partition coefficient (Wildman–Crippen LogP) is 4.98. The largest absolute Gasteiger partial charge is 0.494 e. The third kappa shape index (κ3) is 5.70. The van der Waals surface area contributed by atoms with Crippen LogP contribution in [0.3, 0.4) is 0 Å². The van der Waals surface area contributed by atoms with Gasteiger partial charge in [0.05, 0.1) is 23.6 Å². The molecule has 25 heavy (non-hydrogen) atoms. The number of amides is 1. The molecule has 0 bridgehead atoms. The van der Waals surface area contributed by atoms with Gasteiger partial charge in [0.1, 0.15) is 5.75 Å². The molecule has 0 aliphatic carbocycles. The molecule has 0 spiro atoms. The number of thioether (sulfide) groups is 1. The highest BCUT2D eigenvalue weighted by atomic mass is 32.2. The topological polar surface area (TPSA) is 38.3 Å². The highest BCUT2D eigenvalue weighted by molar-refractivity contribution is 7.99. The van der Waals surface area contributed by atoms with Crippen LogP contribution in [0, 0.1) is 0 Å². The zero-order valence-electron chi connectivity index (χ0n) is 13.6. The highest BCUT2D eigenvalue weighted by Gasteiger charge is 2.33.